The number of carbonyl (C=O) groups excluding carboxylic acids is 1. The summed E-state index contributed by atoms with van der Waals surface area (Å²) in [6.45, 7) is 5.74. The highest BCUT2D eigenvalue weighted by atomic mass is 32.2. The van der Waals surface area contributed by atoms with E-state index in [0.717, 1.165) is 0 Å². The van der Waals surface area contributed by atoms with Gasteiger partial charge in [-0.25, -0.2) is 4.39 Å². The standard InChI is InChI=1S/C27H24FN3O4S/c1-27(2,3)25-23(32)21(26(33)31(25)15-16-9-11-18(28)12-10-16)22-20-8-4-7-19(17-6-5-13-29-14-17)24(20)36(34,35)30-22/h4-14,25,32H,15H2,1-3H3/t25-/m1/s1. The maximum absolute atomic E-state index is 13.8. The van der Waals surface area contributed by atoms with Crippen LogP contribution in [0.4, 0.5) is 4.39 Å². The number of halogens is 1. The van der Waals surface area contributed by atoms with Gasteiger partial charge in [-0.3, -0.25) is 9.78 Å². The van der Waals surface area contributed by atoms with Crippen molar-refractivity contribution in [2.24, 2.45) is 9.81 Å². The lowest BCUT2D eigenvalue weighted by atomic mass is 9.84. The van der Waals surface area contributed by atoms with Crippen molar-refractivity contribution in [1.29, 1.82) is 0 Å². The molecule has 9 heteroatoms. The Hall–Kier alpha value is -3.85. The van der Waals surface area contributed by atoms with Crippen LogP contribution in [0.25, 0.3) is 11.1 Å². The Bertz CT molecular complexity index is 1540. The van der Waals surface area contributed by atoms with Gasteiger partial charge in [0.15, 0.2) is 0 Å². The Kier molecular flexibility index (Phi) is 5.55. The average Bonchev–Trinajstić information content (AvgIpc) is 3.24. The predicted molar refractivity (Wildman–Crippen MR) is 133 cm³/mol. The lowest BCUT2D eigenvalue weighted by Crippen LogP contribution is -2.43. The lowest BCUT2D eigenvalue weighted by molar-refractivity contribution is -0.129. The van der Waals surface area contributed by atoms with Gasteiger partial charge in [0.2, 0.25) is 0 Å². The number of sulfonamides is 1. The third kappa shape index (κ3) is 3.89. The minimum atomic E-state index is -4.15. The Balaban J connectivity index is 1.64. The molecule has 5 rings (SSSR count). The molecular weight excluding hydrogens is 481 g/mol. The Morgan fingerprint density at radius 2 is 1.72 bits per heavy atom. The quantitative estimate of drug-likeness (QED) is 0.557. The van der Waals surface area contributed by atoms with Gasteiger partial charge < -0.3 is 10.0 Å². The first-order chi connectivity index (χ1) is 17.0. The summed E-state index contributed by atoms with van der Waals surface area (Å²) in [4.78, 5) is 19.3. The van der Waals surface area contributed by atoms with E-state index in [1.54, 1.807) is 54.9 Å². The van der Waals surface area contributed by atoms with Gasteiger partial charge in [-0.1, -0.05) is 57.2 Å². The average molecular weight is 506 g/mol. The molecule has 0 unspecified atom stereocenters. The number of hydrogen-bond donors (Lipinski definition) is 1. The number of fused-ring (bicyclic) bond motifs is 1. The van der Waals surface area contributed by atoms with Crippen LogP contribution in [0.15, 0.2) is 87.6 Å². The molecule has 36 heavy (non-hydrogen) atoms. The van der Waals surface area contributed by atoms with Crippen LogP contribution >= 0.6 is 0 Å². The van der Waals surface area contributed by atoms with Crippen molar-refractivity contribution < 1.29 is 22.7 Å². The van der Waals surface area contributed by atoms with Crippen LogP contribution < -0.4 is 0 Å². The van der Waals surface area contributed by atoms with Crippen molar-refractivity contribution in [2.75, 3.05) is 0 Å². The molecule has 3 heterocycles. The number of hydrogen-bond acceptors (Lipinski definition) is 5. The maximum Gasteiger partial charge on any atom is 0.284 e. The number of pyridine rings is 1. The summed E-state index contributed by atoms with van der Waals surface area (Å²) >= 11 is 0. The minimum absolute atomic E-state index is 0.0228. The number of rotatable bonds is 4. The fourth-order valence-electron chi connectivity index (χ4n) is 4.85. The minimum Gasteiger partial charge on any atom is -0.509 e. The largest absolute Gasteiger partial charge is 0.509 e. The van der Waals surface area contributed by atoms with Gasteiger partial charge in [-0.15, -0.1) is 0 Å². The summed E-state index contributed by atoms with van der Waals surface area (Å²) in [6.07, 6.45) is 3.14. The first-order valence-electron chi connectivity index (χ1n) is 11.4. The van der Waals surface area contributed by atoms with E-state index < -0.39 is 33.2 Å². The molecule has 184 valence electrons. The van der Waals surface area contributed by atoms with Crippen molar-refractivity contribution >= 4 is 21.6 Å². The molecular formula is C27H24FN3O4S. The molecule has 0 radical (unpaired) electrons. The Morgan fingerprint density at radius 1 is 1.03 bits per heavy atom. The smallest absolute Gasteiger partial charge is 0.284 e. The molecule has 2 aliphatic heterocycles. The molecule has 0 bridgehead atoms. The highest BCUT2D eigenvalue weighted by Crippen LogP contribution is 2.42. The molecule has 1 amide bonds. The van der Waals surface area contributed by atoms with Crippen molar-refractivity contribution in [3.8, 4) is 11.1 Å². The third-order valence-corrected chi connectivity index (χ3v) is 7.72. The zero-order valence-electron chi connectivity index (χ0n) is 19.9. The fraction of sp³-hybridized carbons (Fsp3) is 0.222. The number of benzene rings is 2. The van der Waals surface area contributed by atoms with E-state index in [1.807, 2.05) is 20.8 Å². The summed E-state index contributed by atoms with van der Waals surface area (Å²) < 4.78 is 43.9. The van der Waals surface area contributed by atoms with Crippen molar-refractivity contribution in [3.63, 3.8) is 0 Å². The molecule has 2 aromatic carbocycles. The summed E-state index contributed by atoms with van der Waals surface area (Å²) in [6, 6.07) is 13.4. The summed E-state index contributed by atoms with van der Waals surface area (Å²) in [5, 5.41) is 11.4. The van der Waals surface area contributed by atoms with Crippen molar-refractivity contribution in [2.45, 2.75) is 38.3 Å². The SMILES string of the molecule is CC(C)(C)[C@H]1C(O)=C(C2=NS(=O)(=O)c3c2cccc3-c2cccnc2)C(=O)N1Cc1ccc(F)cc1. The van der Waals surface area contributed by atoms with Crippen LogP contribution in [0.1, 0.15) is 31.9 Å². The van der Waals surface area contributed by atoms with E-state index in [1.165, 1.54) is 17.0 Å². The normalized spacial score (nSPS) is 19.0. The zero-order valence-corrected chi connectivity index (χ0v) is 20.8. The monoisotopic (exact) mass is 505 g/mol. The van der Waals surface area contributed by atoms with Gasteiger partial charge in [0.25, 0.3) is 15.9 Å². The van der Waals surface area contributed by atoms with Gasteiger partial charge >= 0.3 is 0 Å². The molecule has 1 aromatic heterocycles. The van der Waals surface area contributed by atoms with Gasteiger partial charge in [-0.2, -0.15) is 12.8 Å². The lowest BCUT2D eigenvalue weighted by Gasteiger charge is -2.35. The summed E-state index contributed by atoms with van der Waals surface area (Å²) in [5.41, 5.74) is 1.14. The number of nitrogens with zero attached hydrogens (tertiary/aromatic N) is 3. The van der Waals surface area contributed by atoms with Crippen LogP contribution in [-0.4, -0.2) is 41.1 Å². The van der Waals surface area contributed by atoms with Crippen LogP contribution in [0.2, 0.25) is 0 Å². The van der Waals surface area contributed by atoms with E-state index in [0.29, 0.717) is 16.7 Å². The predicted octanol–water partition coefficient (Wildman–Crippen LogP) is 4.65. The molecule has 2 aliphatic rings. The fourth-order valence-corrected chi connectivity index (χ4v) is 6.28. The summed E-state index contributed by atoms with van der Waals surface area (Å²) in [5.74, 6) is -1.17. The molecule has 0 saturated heterocycles. The van der Waals surface area contributed by atoms with Crippen LogP contribution in [-0.2, 0) is 21.4 Å². The molecule has 3 aromatic rings. The number of amides is 1. The van der Waals surface area contributed by atoms with E-state index in [9.17, 15) is 22.7 Å². The van der Waals surface area contributed by atoms with Gasteiger partial charge in [0.1, 0.15) is 27.8 Å². The second-order valence-electron chi connectivity index (χ2n) is 9.93. The van der Waals surface area contributed by atoms with E-state index >= 15 is 0 Å². The molecule has 0 saturated carbocycles. The summed E-state index contributed by atoms with van der Waals surface area (Å²) in [7, 11) is -4.15. The molecule has 1 atom stereocenters. The Morgan fingerprint density at radius 3 is 2.36 bits per heavy atom. The maximum atomic E-state index is 13.8. The molecule has 0 spiro atoms. The molecule has 0 aliphatic carbocycles. The molecule has 1 N–H and O–H groups in total. The number of aliphatic hydroxyl groups is 1. The van der Waals surface area contributed by atoms with E-state index in [2.05, 4.69) is 9.38 Å². The van der Waals surface area contributed by atoms with Crippen molar-refractivity contribution in [3.05, 3.63) is 95.3 Å². The number of aliphatic hydroxyl groups excluding tert-OH is 1. The Labute approximate surface area is 208 Å². The second-order valence-corrected chi connectivity index (χ2v) is 11.5. The van der Waals surface area contributed by atoms with Crippen LogP contribution in [0.3, 0.4) is 0 Å². The van der Waals surface area contributed by atoms with Crippen LogP contribution in [0, 0.1) is 11.2 Å². The van der Waals surface area contributed by atoms with Gasteiger partial charge in [-0.05, 0) is 29.2 Å². The number of aromatic nitrogens is 1. The number of carbonyl (C=O) groups is 1. The first kappa shape index (κ1) is 23.9. The van der Waals surface area contributed by atoms with Gasteiger partial charge in [0.05, 0.1) is 6.04 Å². The van der Waals surface area contributed by atoms with Gasteiger partial charge in [0, 0.05) is 35.6 Å². The highest BCUT2D eigenvalue weighted by molar-refractivity contribution is 7.91. The third-order valence-electron chi connectivity index (χ3n) is 6.34. The van der Waals surface area contributed by atoms with E-state index in [-0.39, 0.29) is 34.0 Å². The van der Waals surface area contributed by atoms with E-state index in [4.69, 9.17) is 0 Å². The zero-order chi connectivity index (χ0) is 25.8. The molecule has 0 fully saturated rings. The highest BCUT2D eigenvalue weighted by Gasteiger charge is 2.49. The second kappa shape index (κ2) is 8.37. The van der Waals surface area contributed by atoms with Crippen molar-refractivity contribution in [1.82, 2.24) is 9.88 Å². The molecule has 7 nitrogen and oxygen atoms in total. The van der Waals surface area contributed by atoms with Crippen LogP contribution in [0.5, 0.6) is 0 Å². The first-order valence-corrected chi connectivity index (χ1v) is 12.8. The topological polar surface area (TPSA) is 99.9 Å².